The van der Waals surface area contributed by atoms with Crippen LogP contribution in [-0.2, 0) is 0 Å². The van der Waals surface area contributed by atoms with Gasteiger partial charge in [0.05, 0.1) is 7.11 Å². The molecule has 0 amide bonds. The number of nitrogens with zero attached hydrogens (tertiary/aromatic N) is 1. The van der Waals surface area contributed by atoms with Gasteiger partial charge < -0.3 is 24.4 Å². The van der Waals surface area contributed by atoms with Crippen molar-refractivity contribution in [1.29, 1.82) is 0 Å². The average Bonchev–Trinajstić information content (AvgIpc) is 2.28. The van der Waals surface area contributed by atoms with E-state index in [1.807, 2.05) is 19.0 Å². The monoisotopic (exact) mass is 239 g/mol. The van der Waals surface area contributed by atoms with Crippen molar-refractivity contribution in [1.82, 2.24) is 4.90 Å². The van der Waals surface area contributed by atoms with Crippen LogP contribution in [0.25, 0.3) is 0 Å². The van der Waals surface area contributed by atoms with Gasteiger partial charge in [-0.25, -0.2) is 0 Å². The van der Waals surface area contributed by atoms with E-state index in [1.165, 1.54) is 7.11 Å². The number of ether oxygens (including phenoxy) is 2. The van der Waals surface area contributed by atoms with Gasteiger partial charge in [0.25, 0.3) is 0 Å². The molecule has 94 valence electrons. The van der Waals surface area contributed by atoms with Crippen LogP contribution in [0, 0.1) is 0 Å². The Balaban J connectivity index is 2.71. The predicted molar refractivity (Wildman–Crippen MR) is 66.9 cm³/mol. The molecule has 0 fully saturated rings. The summed E-state index contributed by atoms with van der Waals surface area (Å²) in [4.78, 5) is 2.01. The summed E-state index contributed by atoms with van der Waals surface area (Å²) in [6.45, 7) is 1.35. The molecule has 0 aliphatic carbocycles. The molecular weight excluding hydrogens is 221 g/mol. The zero-order valence-corrected chi connectivity index (χ0v) is 10.4. The lowest BCUT2D eigenvalue weighted by molar-refractivity contribution is 0.251. The second-order valence-corrected chi connectivity index (χ2v) is 3.94. The van der Waals surface area contributed by atoms with Gasteiger partial charge in [0.2, 0.25) is 0 Å². The van der Waals surface area contributed by atoms with E-state index in [0.29, 0.717) is 23.6 Å². The lowest BCUT2D eigenvalue weighted by Crippen LogP contribution is -2.29. The van der Waals surface area contributed by atoms with Crippen molar-refractivity contribution in [2.75, 3.05) is 34.4 Å². The average molecular weight is 239 g/mol. The summed E-state index contributed by atoms with van der Waals surface area (Å²) in [5.41, 5.74) is 0.377. The molecule has 1 aromatic rings. The molecule has 0 aliphatic heterocycles. The Morgan fingerprint density at radius 1 is 1.24 bits per heavy atom. The Kier molecular flexibility index (Phi) is 5.28. The Hall–Kier alpha value is -1.24. The zero-order chi connectivity index (χ0) is 12.8. The minimum absolute atomic E-state index is 0.377. The maximum Gasteiger partial charge on any atom is 0.488 e. The molecule has 6 heteroatoms. The van der Waals surface area contributed by atoms with Crippen molar-refractivity contribution in [3.63, 3.8) is 0 Å². The minimum atomic E-state index is -1.50. The van der Waals surface area contributed by atoms with Gasteiger partial charge in [0.1, 0.15) is 6.61 Å². The van der Waals surface area contributed by atoms with E-state index in [-0.39, 0.29) is 0 Å². The van der Waals surface area contributed by atoms with Crippen LogP contribution in [0.15, 0.2) is 18.2 Å². The zero-order valence-electron chi connectivity index (χ0n) is 10.4. The van der Waals surface area contributed by atoms with Crippen molar-refractivity contribution in [3.8, 4) is 11.5 Å². The molecule has 0 aromatic heterocycles. The van der Waals surface area contributed by atoms with Crippen molar-refractivity contribution in [2.24, 2.45) is 0 Å². The van der Waals surface area contributed by atoms with E-state index in [4.69, 9.17) is 19.5 Å². The number of rotatable bonds is 6. The van der Waals surface area contributed by atoms with Crippen molar-refractivity contribution < 1.29 is 19.5 Å². The van der Waals surface area contributed by atoms with Gasteiger partial charge in [0, 0.05) is 6.54 Å². The number of hydrogen-bond acceptors (Lipinski definition) is 5. The smallest absolute Gasteiger partial charge is 0.488 e. The molecule has 0 saturated heterocycles. The quantitative estimate of drug-likeness (QED) is 0.644. The second kappa shape index (κ2) is 6.49. The SMILES string of the molecule is COc1cc(B(O)O)ccc1OCCN(C)C. The molecule has 0 spiro atoms. The van der Waals surface area contributed by atoms with Gasteiger partial charge in [-0.3, -0.25) is 0 Å². The molecule has 17 heavy (non-hydrogen) atoms. The highest BCUT2D eigenvalue weighted by Gasteiger charge is 2.14. The summed E-state index contributed by atoms with van der Waals surface area (Å²) in [6.07, 6.45) is 0. The molecule has 1 rings (SSSR count). The Morgan fingerprint density at radius 2 is 1.94 bits per heavy atom. The van der Waals surface area contributed by atoms with Crippen molar-refractivity contribution in [3.05, 3.63) is 18.2 Å². The number of methoxy groups -OCH3 is 1. The first-order valence-electron chi connectivity index (χ1n) is 5.36. The van der Waals surface area contributed by atoms with Gasteiger partial charge in [-0.15, -0.1) is 0 Å². The van der Waals surface area contributed by atoms with Crippen molar-refractivity contribution >= 4 is 12.6 Å². The molecule has 0 aliphatic rings. The first-order chi connectivity index (χ1) is 8.04. The molecular formula is C11H18BNO4. The maximum absolute atomic E-state index is 9.04. The number of likely N-dealkylation sites (N-methyl/N-ethyl adjacent to an activating group) is 1. The summed E-state index contributed by atoms with van der Waals surface area (Å²) in [5.74, 6) is 1.09. The van der Waals surface area contributed by atoms with Crippen LogP contribution in [0.5, 0.6) is 11.5 Å². The van der Waals surface area contributed by atoms with E-state index in [1.54, 1.807) is 18.2 Å². The molecule has 2 N–H and O–H groups in total. The topological polar surface area (TPSA) is 62.2 Å². The number of hydrogen-bond donors (Lipinski definition) is 2. The molecule has 0 unspecified atom stereocenters. The lowest BCUT2D eigenvalue weighted by Gasteiger charge is -2.14. The highest BCUT2D eigenvalue weighted by Crippen LogP contribution is 2.24. The fraction of sp³-hybridized carbons (Fsp3) is 0.455. The summed E-state index contributed by atoms with van der Waals surface area (Å²) in [5, 5.41) is 18.1. The van der Waals surface area contributed by atoms with Gasteiger partial charge in [-0.2, -0.15) is 0 Å². The number of benzene rings is 1. The first-order valence-corrected chi connectivity index (χ1v) is 5.36. The van der Waals surface area contributed by atoms with Crippen LogP contribution in [0.2, 0.25) is 0 Å². The van der Waals surface area contributed by atoms with E-state index >= 15 is 0 Å². The standard InChI is InChI=1S/C11H18BNO4/c1-13(2)6-7-17-10-5-4-9(12(14)15)8-11(10)16-3/h4-5,8,14-15H,6-7H2,1-3H3. The Bertz CT molecular complexity index is 357. The lowest BCUT2D eigenvalue weighted by atomic mass is 9.80. The van der Waals surface area contributed by atoms with Gasteiger partial charge in [-0.1, -0.05) is 6.07 Å². The van der Waals surface area contributed by atoms with Crippen LogP contribution in [0.4, 0.5) is 0 Å². The summed E-state index contributed by atoms with van der Waals surface area (Å²) in [6, 6.07) is 4.82. The normalized spacial score (nSPS) is 10.5. The molecule has 0 saturated carbocycles. The fourth-order valence-electron chi connectivity index (χ4n) is 1.30. The van der Waals surface area contributed by atoms with Crippen LogP contribution in [0.1, 0.15) is 0 Å². The molecule has 0 heterocycles. The van der Waals surface area contributed by atoms with Gasteiger partial charge >= 0.3 is 7.12 Å². The molecule has 5 nitrogen and oxygen atoms in total. The minimum Gasteiger partial charge on any atom is -0.493 e. The van der Waals surface area contributed by atoms with E-state index < -0.39 is 7.12 Å². The first kappa shape index (κ1) is 13.8. The van der Waals surface area contributed by atoms with Gasteiger partial charge in [0.15, 0.2) is 11.5 Å². The fourth-order valence-corrected chi connectivity index (χ4v) is 1.30. The molecule has 1 aromatic carbocycles. The van der Waals surface area contributed by atoms with Crippen LogP contribution >= 0.6 is 0 Å². The molecule has 0 bridgehead atoms. The van der Waals surface area contributed by atoms with E-state index in [9.17, 15) is 0 Å². The Labute approximate surface area is 102 Å². The summed E-state index contributed by atoms with van der Waals surface area (Å²) >= 11 is 0. The predicted octanol–water partition coefficient (Wildman–Crippen LogP) is -0.685. The van der Waals surface area contributed by atoms with Crippen LogP contribution in [-0.4, -0.2) is 56.4 Å². The third-order valence-corrected chi connectivity index (χ3v) is 2.28. The highest BCUT2D eigenvalue weighted by molar-refractivity contribution is 6.58. The largest absolute Gasteiger partial charge is 0.493 e. The van der Waals surface area contributed by atoms with E-state index in [2.05, 4.69) is 0 Å². The third kappa shape index (κ3) is 4.26. The second-order valence-electron chi connectivity index (χ2n) is 3.94. The highest BCUT2D eigenvalue weighted by atomic mass is 16.5. The maximum atomic E-state index is 9.04. The third-order valence-electron chi connectivity index (χ3n) is 2.28. The summed E-state index contributed by atoms with van der Waals surface area (Å²) in [7, 11) is 3.94. The summed E-state index contributed by atoms with van der Waals surface area (Å²) < 4.78 is 10.7. The van der Waals surface area contributed by atoms with Crippen LogP contribution < -0.4 is 14.9 Å². The molecule has 0 radical (unpaired) electrons. The van der Waals surface area contributed by atoms with Crippen LogP contribution in [0.3, 0.4) is 0 Å². The molecule has 0 atom stereocenters. The Morgan fingerprint density at radius 3 is 2.47 bits per heavy atom. The van der Waals surface area contributed by atoms with Gasteiger partial charge in [-0.05, 0) is 31.7 Å². The van der Waals surface area contributed by atoms with Crippen molar-refractivity contribution in [2.45, 2.75) is 0 Å². The van der Waals surface area contributed by atoms with E-state index in [0.717, 1.165) is 6.54 Å².